The van der Waals surface area contributed by atoms with Gasteiger partial charge in [0.2, 0.25) is 0 Å². The summed E-state index contributed by atoms with van der Waals surface area (Å²) in [6.45, 7) is 12.4. The van der Waals surface area contributed by atoms with Gasteiger partial charge in [-0.2, -0.15) is 0 Å². The normalized spacial score (nSPS) is 12.4. The Morgan fingerprint density at radius 2 is 1.85 bits per heavy atom. The lowest BCUT2D eigenvalue weighted by molar-refractivity contribution is -0.141. The van der Waals surface area contributed by atoms with E-state index in [4.69, 9.17) is 9.84 Å². The maximum atomic E-state index is 11.1. The Kier molecular flexibility index (Phi) is 12.8. The standard InChI is InChI=1S/C12H22O3.C3H4O2/c1-5-7-11(13)10(6-2)8-15-12(14)9(3)4;1-2-3(4)5/h10-11,13H,3,5-8H2,1-2,4H3;2H,1H2,(H,4,5). The van der Waals surface area contributed by atoms with Crippen LogP contribution in [0.15, 0.2) is 24.8 Å². The zero-order valence-corrected chi connectivity index (χ0v) is 12.6. The van der Waals surface area contributed by atoms with Crippen molar-refractivity contribution in [3.8, 4) is 0 Å². The Morgan fingerprint density at radius 1 is 1.35 bits per heavy atom. The van der Waals surface area contributed by atoms with Gasteiger partial charge in [0.05, 0.1) is 12.7 Å². The predicted octanol–water partition coefficient (Wildman–Crippen LogP) is 2.55. The average Bonchev–Trinajstić information content (AvgIpc) is 2.39. The highest BCUT2D eigenvalue weighted by Crippen LogP contribution is 2.14. The molecule has 0 rings (SSSR count). The summed E-state index contributed by atoms with van der Waals surface area (Å²) in [5.41, 5.74) is 0.398. The predicted molar refractivity (Wildman–Crippen MR) is 78.3 cm³/mol. The average molecular weight is 286 g/mol. The molecule has 0 spiro atoms. The van der Waals surface area contributed by atoms with Crippen LogP contribution in [0.25, 0.3) is 0 Å². The van der Waals surface area contributed by atoms with Gasteiger partial charge in [0, 0.05) is 17.6 Å². The fourth-order valence-corrected chi connectivity index (χ4v) is 1.34. The van der Waals surface area contributed by atoms with Gasteiger partial charge in [-0.05, 0) is 19.8 Å². The van der Waals surface area contributed by atoms with Gasteiger partial charge >= 0.3 is 11.9 Å². The van der Waals surface area contributed by atoms with Crippen molar-refractivity contribution in [2.24, 2.45) is 5.92 Å². The van der Waals surface area contributed by atoms with Crippen LogP contribution in [0.1, 0.15) is 40.0 Å². The molecule has 20 heavy (non-hydrogen) atoms. The fourth-order valence-electron chi connectivity index (χ4n) is 1.34. The summed E-state index contributed by atoms with van der Waals surface area (Å²) in [4.78, 5) is 20.4. The number of carboxylic acids is 1. The van der Waals surface area contributed by atoms with E-state index < -0.39 is 5.97 Å². The highest BCUT2D eigenvalue weighted by molar-refractivity contribution is 5.86. The van der Waals surface area contributed by atoms with Crippen molar-refractivity contribution in [2.45, 2.75) is 46.1 Å². The van der Waals surface area contributed by atoms with E-state index in [0.717, 1.165) is 25.3 Å². The lowest BCUT2D eigenvalue weighted by Gasteiger charge is -2.20. The van der Waals surface area contributed by atoms with Gasteiger partial charge in [-0.15, -0.1) is 0 Å². The van der Waals surface area contributed by atoms with Crippen molar-refractivity contribution in [2.75, 3.05) is 6.61 Å². The summed E-state index contributed by atoms with van der Waals surface area (Å²) >= 11 is 0. The number of aliphatic carboxylic acids is 1. The van der Waals surface area contributed by atoms with Gasteiger partial charge in [0.25, 0.3) is 0 Å². The number of carbonyl (C=O) groups is 2. The first-order valence-corrected chi connectivity index (χ1v) is 6.66. The number of hydrogen-bond donors (Lipinski definition) is 2. The molecule has 5 heteroatoms. The van der Waals surface area contributed by atoms with Crippen LogP contribution in [0.5, 0.6) is 0 Å². The molecular weight excluding hydrogens is 260 g/mol. The van der Waals surface area contributed by atoms with Gasteiger partial charge in [-0.3, -0.25) is 0 Å². The molecule has 5 nitrogen and oxygen atoms in total. The minimum atomic E-state index is -0.981. The van der Waals surface area contributed by atoms with E-state index in [0.29, 0.717) is 5.57 Å². The van der Waals surface area contributed by atoms with E-state index in [9.17, 15) is 14.7 Å². The summed E-state index contributed by atoms with van der Waals surface area (Å²) in [6.07, 6.45) is 2.96. The largest absolute Gasteiger partial charge is 0.478 e. The molecule has 2 unspecified atom stereocenters. The zero-order valence-electron chi connectivity index (χ0n) is 12.6. The van der Waals surface area contributed by atoms with Crippen molar-refractivity contribution in [1.82, 2.24) is 0 Å². The van der Waals surface area contributed by atoms with Crippen LogP contribution >= 0.6 is 0 Å². The molecule has 2 N–H and O–H groups in total. The van der Waals surface area contributed by atoms with E-state index in [-0.39, 0.29) is 24.6 Å². The van der Waals surface area contributed by atoms with Gasteiger partial charge in [-0.25, -0.2) is 9.59 Å². The maximum absolute atomic E-state index is 11.1. The van der Waals surface area contributed by atoms with Crippen LogP contribution in [-0.4, -0.2) is 34.9 Å². The molecule has 0 aromatic carbocycles. The molecule has 0 aromatic heterocycles. The van der Waals surface area contributed by atoms with Crippen LogP contribution < -0.4 is 0 Å². The number of ether oxygens (including phenoxy) is 1. The molecule has 0 aliphatic heterocycles. The van der Waals surface area contributed by atoms with E-state index in [1.165, 1.54) is 0 Å². The number of esters is 1. The first-order valence-electron chi connectivity index (χ1n) is 6.66. The first-order chi connectivity index (χ1) is 9.29. The van der Waals surface area contributed by atoms with Crippen LogP contribution in [0.3, 0.4) is 0 Å². The lowest BCUT2D eigenvalue weighted by Crippen LogP contribution is -2.25. The second kappa shape index (κ2) is 12.4. The van der Waals surface area contributed by atoms with Crippen molar-refractivity contribution in [1.29, 1.82) is 0 Å². The van der Waals surface area contributed by atoms with Crippen LogP contribution in [0.2, 0.25) is 0 Å². The molecule has 0 fully saturated rings. The number of carbonyl (C=O) groups excluding carboxylic acids is 1. The van der Waals surface area contributed by atoms with Gasteiger partial charge in [0.1, 0.15) is 0 Å². The van der Waals surface area contributed by atoms with Gasteiger partial charge < -0.3 is 14.9 Å². The van der Waals surface area contributed by atoms with E-state index in [1.807, 2.05) is 13.8 Å². The topological polar surface area (TPSA) is 83.8 Å². The molecule has 0 radical (unpaired) electrons. The van der Waals surface area contributed by atoms with Crippen molar-refractivity contribution < 1.29 is 24.5 Å². The molecule has 0 aromatic rings. The Hall–Kier alpha value is -1.62. The number of carboxylic acid groups (broad SMARTS) is 1. The van der Waals surface area contributed by atoms with Crippen molar-refractivity contribution in [3.05, 3.63) is 24.8 Å². The third-order valence-electron chi connectivity index (χ3n) is 2.60. The highest BCUT2D eigenvalue weighted by atomic mass is 16.5. The number of rotatable bonds is 8. The Labute approximate surface area is 121 Å². The minimum absolute atomic E-state index is 0.0354. The molecule has 0 heterocycles. The summed E-state index contributed by atoms with van der Waals surface area (Å²) in [5.74, 6) is -1.32. The molecule has 0 bridgehead atoms. The van der Waals surface area contributed by atoms with Crippen LogP contribution in [-0.2, 0) is 14.3 Å². The third-order valence-corrected chi connectivity index (χ3v) is 2.60. The molecule has 0 saturated carbocycles. The van der Waals surface area contributed by atoms with E-state index in [2.05, 4.69) is 13.2 Å². The number of hydrogen-bond acceptors (Lipinski definition) is 4. The fraction of sp³-hybridized carbons (Fsp3) is 0.600. The van der Waals surface area contributed by atoms with E-state index in [1.54, 1.807) is 6.92 Å². The molecule has 0 aliphatic rings. The number of aliphatic hydroxyl groups excluding tert-OH is 1. The summed E-state index contributed by atoms with van der Waals surface area (Å²) in [5, 5.41) is 17.4. The smallest absolute Gasteiger partial charge is 0.333 e. The van der Waals surface area contributed by atoms with Crippen LogP contribution in [0, 0.1) is 5.92 Å². The molecule has 116 valence electrons. The Morgan fingerprint density at radius 3 is 2.15 bits per heavy atom. The molecule has 0 amide bonds. The second-order valence-corrected chi connectivity index (χ2v) is 4.45. The Balaban J connectivity index is 0. The molecule has 2 atom stereocenters. The molecule has 0 aliphatic carbocycles. The molecule has 0 saturated heterocycles. The van der Waals surface area contributed by atoms with Crippen molar-refractivity contribution >= 4 is 11.9 Å². The summed E-state index contributed by atoms with van der Waals surface area (Å²) < 4.78 is 5.03. The second-order valence-electron chi connectivity index (χ2n) is 4.45. The maximum Gasteiger partial charge on any atom is 0.333 e. The zero-order chi connectivity index (χ0) is 16.1. The van der Waals surface area contributed by atoms with Crippen LogP contribution in [0.4, 0.5) is 0 Å². The van der Waals surface area contributed by atoms with Gasteiger partial charge in [-0.1, -0.05) is 33.4 Å². The minimum Gasteiger partial charge on any atom is -0.478 e. The molecular formula is C15H26O5. The van der Waals surface area contributed by atoms with E-state index >= 15 is 0 Å². The highest BCUT2D eigenvalue weighted by Gasteiger charge is 2.18. The third kappa shape index (κ3) is 11.5. The summed E-state index contributed by atoms with van der Waals surface area (Å²) in [6, 6.07) is 0. The lowest BCUT2D eigenvalue weighted by atomic mass is 9.97. The van der Waals surface area contributed by atoms with Gasteiger partial charge in [0.15, 0.2) is 0 Å². The van der Waals surface area contributed by atoms with Crippen molar-refractivity contribution in [3.63, 3.8) is 0 Å². The monoisotopic (exact) mass is 286 g/mol. The summed E-state index contributed by atoms with van der Waals surface area (Å²) in [7, 11) is 0. The SMILES string of the molecule is C=C(C)C(=O)OCC(CC)C(O)CCC.C=CC(=O)O. The number of aliphatic hydroxyl groups is 1. The quantitative estimate of drug-likeness (QED) is 0.529. The first kappa shape index (κ1) is 20.7. The Bertz CT molecular complexity index is 322.